The molecule has 0 amide bonds. The summed E-state index contributed by atoms with van der Waals surface area (Å²) in [6.45, 7) is 4.07. The molecule has 2 aromatic rings. The number of fused-ring (bicyclic) bond motifs is 1. The van der Waals surface area contributed by atoms with Crippen molar-refractivity contribution in [2.45, 2.75) is 45.1 Å². The zero-order valence-corrected chi connectivity index (χ0v) is 14.3. The maximum atomic E-state index is 10.8. The van der Waals surface area contributed by atoms with E-state index in [0.717, 1.165) is 35.7 Å². The minimum absolute atomic E-state index is 0.371. The number of nitrogens with zero attached hydrogens (tertiary/aromatic N) is 2. The van der Waals surface area contributed by atoms with Crippen molar-refractivity contribution < 1.29 is 5.11 Å². The lowest BCUT2D eigenvalue weighted by atomic mass is 9.94. The Labute approximate surface area is 141 Å². The largest absolute Gasteiger partial charge is 0.384 e. The van der Waals surface area contributed by atoms with Crippen LogP contribution in [0.25, 0.3) is 0 Å². The van der Waals surface area contributed by atoms with Gasteiger partial charge in [-0.15, -0.1) is 0 Å². The lowest BCUT2D eigenvalue weighted by molar-refractivity contribution is 0.0714. The van der Waals surface area contributed by atoms with Crippen molar-refractivity contribution in [3.05, 3.63) is 51.9 Å². The number of benzene rings is 1. The van der Waals surface area contributed by atoms with Gasteiger partial charge >= 0.3 is 0 Å². The van der Waals surface area contributed by atoms with E-state index in [1.807, 2.05) is 19.1 Å². The van der Waals surface area contributed by atoms with E-state index in [1.165, 1.54) is 18.4 Å². The van der Waals surface area contributed by atoms with Crippen molar-refractivity contribution in [3.8, 4) is 0 Å². The molecule has 0 radical (unpaired) electrons. The first-order valence-electron chi connectivity index (χ1n) is 8.04. The van der Waals surface area contributed by atoms with Crippen LogP contribution < -0.4 is 5.32 Å². The molecule has 122 valence electrons. The summed E-state index contributed by atoms with van der Waals surface area (Å²) in [5, 5.41) is 14.7. The molecule has 1 aromatic carbocycles. The molecule has 0 saturated heterocycles. The summed E-state index contributed by atoms with van der Waals surface area (Å²) in [6, 6.07) is 7.33. The SMILES string of the molecule is Cc1nc2c(c(NCC(C)(O)c3cccc(Cl)c3)n1)CCCC2. The van der Waals surface area contributed by atoms with E-state index in [2.05, 4.69) is 15.3 Å². The molecule has 1 heterocycles. The fourth-order valence-corrected chi connectivity index (χ4v) is 3.24. The predicted molar refractivity (Wildman–Crippen MR) is 92.9 cm³/mol. The molecule has 5 heteroatoms. The van der Waals surface area contributed by atoms with Gasteiger partial charge in [-0.05, 0) is 57.2 Å². The highest BCUT2D eigenvalue weighted by Gasteiger charge is 2.25. The van der Waals surface area contributed by atoms with Gasteiger partial charge in [0, 0.05) is 22.8 Å². The van der Waals surface area contributed by atoms with Crippen molar-refractivity contribution in [3.63, 3.8) is 0 Å². The van der Waals surface area contributed by atoms with Gasteiger partial charge in [-0.1, -0.05) is 23.7 Å². The Morgan fingerprint density at radius 1 is 1.26 bits per heavy atom. The van der Waals surface area contributed by atoms with Gasteiger partial charge in [0.1, 0.15) is 17.2 Å². The molecule has 1 unspecified atom stereocenters. The Balaban J connectivity index is 1.81. The number of aryl methyl sites for hydroxylation is 2. The predicted octanol–water partition coefficient (Wildman–Crippen LogP) is 3.64. The summed E-state index contributed by atoms with van der Waals surface area (Å²) in [4.78, 5) is 9.10. The summed E-state index contributed by atoms with van der Waals surface area (Å²) in [5.74, 6) is 1.63. The summed E-state index contributed by atoms with van der Waals surface area (Å²) < 4.78 is 0. The molecule has 0 saturated carbocycles. The normalized spacial score (nSPS) is 16.5. The van der Waals surface area contributed by atoms with Crippen LogP contribution in [0.3, 0.4) is 0 Å². The van der Waals surface area contributed by atoms with Crippen molar-refractivity contribution >= 4 is 17.4 Å². The second-order valence-electron chi connectivity index (χ2n) is 6.39. The first-order chi connectivity index (χ1) is 11.0. The number of anilines is 1. The van der Waals surface area contributed by atoms with Crippen LogP contribution >= 0.6 is 11.6 Å². The maximum Gasteiger partial charge on any atom is 0.133 e. The third-order valence-corrected chi connectivity index (χ3v) is 4.58. The molecule has 1 aliphatic rings. The van der Waals surface area contributed by atoms with Crippen molar-refractivity contribution in [1.82, 2.24) is 9.97 Å². The minimum Gasteiger partial charge on any atom is -0.384 e. The number of hydrogen-bond acceptors (Lipinski definition) is 4. The molecule has 0 spiro atoms. The van der Waals surface area contributed by atoms with Gasteiger partial charge in [-0.25, -0.2) is 9.97 Å². The van der Waals surface area contributed by atoms with Gasteiger partial charge in [0.05, 0.1) is 0 Å². The highest BCUT2D eigenvalue weighted by Crippen LogP contribution is 2.28. The average Bonchev–Trinajstić information content (AvgIpc) is 2.52. The molecule has 3 rings (SSSR count). The smallest absolute Gasteiger partial charge is 0.133 e. The van der Waals surface area contributed by atoms with Crippen LogP contribution in [0.2, 0.25) is 5.02 Å². The molecule has 0 bridgehead atoms. The third-order valence-electron chi connectivity index (χ3n) is 4.34. The number of halogens is 1. The number of nitrogens with one attached hydrogen (secondary N) is 1. The van der Waals surface area contributed by atoms with Crippen LogP contribution in [0.5, 0.6) is 0 Å². The number of aromatic nitrogens is 2. The van der Waals surface area contributed by atoms with Gasteiger partial charge in [0.15, 0.2) is 0 Å². The van der Waals surface area contributed by atoms with Crippen LogP contribution in [0, 0.1) is 6.92 Å². The van der Waals surface area contributed by atoms with Gasteiger partial charge in [0.25, 0.3) is 0 Å². The zero-order chi connectivity index (χ0) is 16.4. The Kier molecular flexibility index (Phi) is 4.55. The first-order valence-corrected chi connectivity index (χ1v) is 8.42. The van der Waals surface area contributed by atoms with Crippen molar-refractivity contribution in [2.24, 2.45) is 0 Å². The molecule has 2 N–H and O–H groups in total. The van der Waals surface area contributed by atoms with Gasteiger partial charge < -0.3 is 10.4 Å². The maximum absolute atomic E-state index is 10.8. The van der Waals surface area contributed by atoms with E-state index in [-0.39, 0.29) is 0 Å². The monoisotopic (exact) mass is 331 g/mol. The summed E-state index contributed by atoms with van der Waals surface area (Å²) in [7, 11) is 0. The summed E-state index contributed by atoms with van der Waals surface area (Å²) in [6.07, 6.45) is 4.36. The van der Waals surface area contributed by atoms with Gasteiger partial charge in [-0.3, -0.25) is 0 Å². The highest BCUT2D eigenvalue weighted by atomic mass is 35.5. The Bertz CT molecular complexity index is 715. The quantitative estimate of drug-likeness (QED) is 0.898. The lowest BCUT2D eigenvalue weighted by Crippen LogP contribution is -2.31. The minimum atomic E-state index is -1.02. The first kappa shape index (κ1) is 16.2. The molecule has 0 aliphatic heterocycles. The second kappa shape index (κ2) is 6.46. The molecule has 4 nitrogen and oxygen atoms in total. The molecule has 0 fully saturated rings. The Morgan fingerprint density at radius 2 is 2.04 bits per heavy atom. The fourth-order valence-electron chi connectivity index (χ4n) is 3.05. The molecular formula is C18H22ClN3O. The number of rotatable bonds is 4. The van der Waals surface area contributed by atoms with E-state index in [0.29, 0.717) is 11.6 Å². The standard InChI is InChI=1S/C18H22ClN3O/c1-12-21-16-9-4-3-8-15(16)17(22-12)20-11-18(2,23)13-6-5-7-14(19)10-13/h5-7,10,23H,3-4,8-9,11H2,1-2H3,(H,20,21,22). The van der Waals surface area contributed by atoms with Gasteiger partial charge in [-0.2, -0.15) is 0 Å². The topological polar surface area (TPSA) is 58.0 Å². The second-order valence-corrected chi connectivity index (χ2v) is 6.83. The van der Waals surface area contributed by atoms with E-state index in [9.17, 15) is 5.11 Å². The summed E-state index contributed by atoms with van der Waals surface area (Å²) in [5.41, 5.74) is 2.11. The zero-order valence-electron chi connectivity index (χ0n) is 13.6. The van der Waals surface area contributed by atoms with E-state index >= 15 is 0 Å². The number of aliphatic hydroxyl groups is 1. The van der Waals surface area contributed by atoms with Crippen LogP contribution in [0.1, 0.15) is 42.4 Å². The molecule has 1 aliphatic carbocycles. The van der Waals surface area contributed by atoms with Crippen molar-refractivity contribution in [2.75, 3.05) is 11.9 Å². The van der Waals surface area contributed by atoms with Gasteiger partial charge in [0.2, 0.25) is 0 Å². The fraction of sp³-hybridized carbons (Fsp3) is 0.444. The molecule has 1 atom stereocenters. The molecular weight excluding hydrogens is 310 g/mol. The van der Waals surface area contributed by atoms with E-state index < -0.39 is 5.60 Å². The molecule has 23 heavy (non-hydrogen) atoms. The number of hydrogen-bond donors (Lipinski definition) is 2. The Hall–Kier alpha value is -1.65. The average molecular weight is 332 g/mol. The third kappa shape index (κ3) is 3.65. The van der Waals surface area contributed by atoms with E-state index in [1.54, 1.807) is 19.1 Å². The van der Waals surface area contributed by atoms with Crippen LogP contribution in [0.4, 0.5) is 5.82 Å². The van der Waals surface area contributed by atoms with Crippen LogP contribution in [0.15, 0.2) is 24.3 Å². The lowest BCUT2D eigenvalue weighted by Gasteiger charge is -2.26. The van der Waals surface area contributed by atoms with Crippen molar-refractivity contribution in [1.29, 1.82) is 0 Å². The Morgan fingerprint density at radius 3 is 2.83 bits per heavy atom. The summed E-state index contributed by atoms with van der Waals surface area (Å²) >= 11 is 6.03. The van der Waals surface area contributed by atoms with Crippen LogP contribution in [-0.2, 0) is 18.4 Å². The highest BCUT2D eigenvalue weighted by molar-refractivity contribution is 6.30. The van der Waals surface area contributed by atoms with E-state index in [4.69, 9.17) is 11.6 Å². The van der Waals surface area contributed by atoms with Crippen LogP contribution in [-0.4, -0.2) is 21.6 Å². The molecule has 1 aromatic heterocycles.